The first kappa shape index (κ1) is 19.6. The zero-order valence-corrected chi connectivity index (χ0v) is 18.5. The molecule has 0 bridgehead atoms. The van der Waals surface area contributed by atoms with Crippen molar-refractivity contribution in [2.75, 3.05) is 13.1 Å². The second-order valence-corrected chi connectivity index (χ2v) is 9.94. The molecular formula is C22H23Cl2N3OS. The van der Waals surface area contributed by atoms with Gasteiger partial charge in [0.2, 0.25) is 0 Å². The Morgan fingerprint density at radius 2 is 1.79 bits per heavy atom. The number of fused-ring (bicyclic) bond motifs is 3. The van der Waals surface area contributed by atoms with Crippen LogP contribution in [0.3, 0.4) is 0 Å². The summed E-state index contributed by atoms with van der Waals surface area (Å²) in [6.07, 6.45) is 6.85. The predicted octanol–water partition coefficient (Wildman–Crippen LogP) is 5.29. The molecule has 0 atom stereocenters. The van der Waals surface area contributed by atoms with Crippen molar-refractivity contribution in [2.45, 2.75) is 51.6 Å². The highest BCUT2D eigenvalue weighted by atomic mass is 35.5. The number of halogens is 2. The minimum absolute atomic E-state index is 0.0923. The van der Waals surface area contributed by atoms with Gasteiger partial charge in [-0.05, 0) is 74.9 Å². The normalized spacial score (nSPS) is 17.2. The molecule has 3 aromatic rings. The van der Waals surface area contributed by atoms with Crippen molar-refractivity contribution in [3.8, 4) is 0 Å². The number of hydrogen-bond donors (Lipinski definition) is 0. The molecule has 0 N–H and O–H groups in total. The molecule has 2 aliphatic rings. The minimum Gasteiger partial charge on any atom is -0.296 e. The third-order valence-corrected chi connectivity index (χ3v) is 7.97. The van der Waals surface area contributed by atoms with Crippen LogP contribution < -0.4 is 5.56 Å². The summed E-state index contributed by atoms with van der Waals surface area (Å²) in [5.74, 6) is 0.856. The molecule has 1 aliphatic heterocycles. The molecule has 4 nitrogen and oxygen atoms in total. The molecule has 152 valence electrons. The first-order chi connectivity index (χ1) is 14.1. The summed E-state index contributed by atoms with van der Waals surface area (Å²) >= 11 is 14.0. The lowest BCUT2D eigenvalue weighted by Crippen LogP contribution is -2.30. The largest absolute Gasteiger partial charge is 0.296 e. The molecule has 29 heavy (non-hydrogen) atoms. The first-order valence-corrected chi connectivity index (χ1v) is 11.9. The highest BCUT2D eigenvalue weighted by molar-refractivity contribution is 7.18. The van der Waals surface area contributed by atoms with Crippen molar-refractivity contribution in [1.29, 1.82) is 0 Å². The molecule has 0 spiro atoms. The van der Waals surface area contributed by atoms with E-state index in [1.54, 1.807) is 17.4 Å². The Hall–Kier alpha value is -1.40. The number of aryl methyl sites for hydroxylation is 2. The average Bonchev–Trinajstić information content (AvgIpc) is 3.35. The van der Waals surface area contributed by atoms with Gasteiger partial charge in [0.05, 0.1) is 28.5 Å². The zero-order chi connectivity index (χ0) is 20.0. The smallest absolute Gasteiger partial charge is 0.262 e. The summed E-state index contributed by atoms with van der Waals surface area (Å²) in [5.41, 5.74) is 2.30. The molecule has 3 heterocycles. The van der Waals surface area contributed by atoms with Crippen LogP contribution in [0.15, 0.2) is 23.0 Å². The summed E-state index contributed by atoms with van der Waals surface area (Å²) in [6.45, 7) is 3.32. The summed E-state index contributed by atoms with van der Waals surface area (Å²) < 4.78 is 1.86. The van der Waals surface area contributed by atoms with Crippen molar-refractivity contribution >= 4 is 44.8 Å². The maximum absolute atomic E-state index is 13.7. The second-order valence-electron chi connectivity index (χ2n) is 8.04. The van der Waals surface area contributed by atoms with Gasteiger partial charge in [-0.15, -0.1) is 11.3 Å². The van der Waals surface area contributed by atoms with Gasteiger partial charge in [-0.2, -0.15) is 0 Å². The van der Waals surface area contributed by atoms with Gasteiger partial charge in [-0.25, -0.2) is 4.98 Å². The fourth-order valence-electron chi connectivity index (χ4n) is 4.53. The fourth-order valence-corrected chi connectivity index (χ4v) is 6.12. The molecule has 1 aliphatic carbocycles. The Morgan fingerprint density at radius 3 is 2.59 bits per heavy atom. The Bertz CT molecular complexity index is 1130. The van der Waals surface area contributed by atoms with Crippen LogP contribution in [0, 0.1) is 0 Å². The number of thiophene rings is 1. The molecular weight excluding hydrogens is 425 g/mol. The molecule has 5 rings (SSSR count). The van der Waals surface area contributed by atoms with E-state index in [0.29, 0.717) is 16.6 Å². The topological polar surface area (TPSA) is 38.1 Å². The van der Waals surface area contributed by atoms with Gasteiger partial charge in [-0.3, -0.25) is 14.3 Å². The average molecular weight is 448 g/mol. The summed E-state index contributed by atoms with van der Waals surface area (Å²) in [5, 5.41) is 1.88. The van der Waals surface area contributed by atoms with Crippen molar-refractivity contribution in [3.05, 3.63) is 60.4 Å². The predicted molar refractivity (Wildman–Crippen MR) is 121 cm³/mol. The minimum atomic E-state index is 0.0923. The zero-order valence-electron chi connectivity index (χ0n) is 16.2. The van der Waals surface area contributed by atoms with E-state index in [4.69, 9.17) is 28.2 Å². The van der Waals surface area contributed by atoms with Gasteiger partial charge >= 0.3 is 0 Å². The van der Waals surface area contributed by atoms with Crippen molar-refractivity contribution in [2.24, 2.45) is 0 Å². The molecule has 0 unspecified atom stereocenters. The lowest BCUT2D eigenvalue weighted by atomic mass is 9.97. The third kappa shape index (κ3) is 3.74. The monoisotopic (exact) mass is 447 g/mol. The van der Waals surface area contributed by atoms with Crippen LogP contribution in [-0.4, -0.2) is 27.5 Å². The Kier molecular flexibility index (Phi) is 5.41. The molecule has 0 saturated carbocycles. The third-order valence-electron chi connectivity index (χ3n) is 6.04. The van der Waals surface area contributed by atoms with Gasteiger partial charge in [0.25, 0.3) is 5.56 Å². The van der Waals surface area contributed by atoms with Crippen LogP contribution in [0.2, 0.25) is 10.0 Å². The molecule has 7 heteroatoms. The SMILES string of the molecule is O=c1c2c3c(sc2nc(CN2CCCC2)n1Cc1ccc(Cl)c(Cl)c1)CCCC3. The van der Waals surface area contributed by atoms with E-state index >= 15 is 0 Å². The van der Waals surface area contributed by atoms with E-state index < -0.39 is 0 Å². The van der Waals surface area contributed by atoms with Crippen molar-refractivity contribution in [1.82, 2.24) is 14.5 Å². The van der Waals surface area contributed by atoms with E-state index in [0.717, 1.165) is 60.5 Å². The number of aromatic nitrogens is 2. The van der Waals surface area contributed by atoms with Gasteiger partial charge in [-0.1, -0.05) is 29.3 Å². The van der Waals surface area contributed by atoms with Crippen LogP contribution >= 0.6 is 34.5 Å². The van der Waals surface area contributed by atoms with Crippen molar-refractivity contribution in [3.63, 3.8) is 0 Å². The van der Waals surface area contributed by atoms with Crippen LogP contribution in [0.25, 0.3) is 10.2 Å². The quantitative estimate of drug-likeness (QED) is 0.545. The van der Waals surface area contributed by atoms with Gasteiger partial charge in [0.15, 0.2) is 0 Å². The van der Waals surface area contributed by atoms with E-state index in [9.17, 15) is 4.79 Å². The first-order valence-electron chi connectivity index (χ1n) is 10.3. The standard InChI is InChI=1S/C22H23Cl2N3OS/c23-16-8-7-14(11-17(16)24)12-27-19(13-26-9-3-4-10-26)25-21-20(22(27)28)15-5-1-2-6-18(15)29-21/h7-8,11H,1-6,9-10,12-13H2. The van der Waals surface area contributed by atoms with E-state index in [1.807, 2.05) is 16.7 Å². The number of rotatable bonds is 4. The number of nitrogens with zero attached hydrogens (tertiary/aromatic N) is 3. The lowest BCUT2D eigenvalue weighted by Gasteiger charge is -2.19. The molecule has 1 aromatic carbocycles. The van der Waals surface area contributed by atoms with Gasteiger partial charge in [0, 0.05) is 4.88 Å². The number of benzene rings is 1. The highest BCUT2D eigenvalue weighted by Gasteiger charge is 2.23. The molecule has 1 saturated heterocycles. The van der Waals surface area contributed by atoms with Crippen LogP contribution in [-0.2, 0) is 25.9 Å². The maximum Gasteiger partial charge on any atom is 0.262 e. The summed E-state index contributed by atoms with van der Waals surface area (Å²) in [4.78, 5) is 23.4. The summed E-state index contributed by atoms with van der Waals surface area (Å²) in [6, 6.07) is 5.58. The highest BCUT2D eigenvalue weighted by Crippen LogP contribution is 2.34. The van der Waals surface area contributed by atoms with Gasteiger partial charge in [0.1, 0.15) is 10.7 Å². The Labute approximate surface area is 184 Å². The Balaban J connectivity index is 1.64. The molecule has 0 radical (unpaired) electrons. The van der Waals surface area contributed by atoms with Crippen LogP contribution in [0.1, 0.15) is 47.5 Å². The van der Waals surface area contributed by atoms with E-state index in [1.165, 1.54) is 29.7 Å². The Morgan fingerprint density at radius 1 is 1.00 bits per heavy atom. The van der Waals surface area contributed by atoms with E-state index in [-0.39, 0.29) is 5.56 Å². The molecule has 1 fully saturated rings. The summed E-state index contributed by atoms with van der Waals surface area (Å²) in [7, 11) is 0. The number of hydrogen-bond acceptors (Lipinski definition) is 4. The lowest BCUT2D eigenvalue weighted by molar-refractivity contribution is 0.315. The van der Waals surface area contributed by atoms with Gasteiger partial charge < -0.3 is 0 Å². The van der Waals surface area contributed by atoms with Crippen molar-refractivity contribution < 1.29 is 0 Å². The number of likely N-dealkylation sites (tertiary alicyclic amines) is 1. The van der Waals surface area contributed by atoms with Crippen LogP contribution in [0.5, 0.6) is 0 Å². The maximum atomic E-state index is 13.7. The molecule has 0 amide bonds. The second kappa shape index (κ2) is 8.03. The van der Waals surface area contributed by atoms with Crippen LogP contribution in [0.4, 0.5) is 0 Å². The fraction of sp³-hybridized carbons (Fsp3) is 0.455. The molecule has 2 aromatic heterocycles. The van der Waals surface area contributed by atoms with E-state index in [2.05, 4.69) is 4.90 Å².